The first-order valence-corrected chi connectivity index (χ1v) is 5.96. The minimum absolute atomic E-state index is 0.237. The lowest BCUT2D eigenvalue weighted by molar-refractivity contribution is 0.0252. The molecule has 1 aromatic heterocycles. The van der Waals surface area contributed by atoms with Gasteiger partial charge in [0.05, 0.1) is 0 Å². The molecule has 1 atom stereocenters. The molecule has 0 aliphatic carbocycles. The van der Waals surface area contributed by atoms with Crippen LogP contribution in [-0.2, 0) is 12.1 Å². The molecule has 2 rings (SSSR count). The van der Waals surface area contributed by atoms with E-state index in [9.17, 15) is 5.11 Å². The van der Waals surface area contributed by atoms with Crippen LogP contribution in [-0.4, -0.2) is 15.3 Å². The van der Waals surface area contributed by atoms with Crippen LogP contribution in [0.2, 0.25) is 0 Å². The molecule has 0 radical (unpaired) electrons. The summed E-state index contributed by atoms with van der Waals surface area (Å²) in [6, 6.07) is 10.2. The van der Waals surface area contributed by atoms with E-state index in [1.807, 2.05) is 37.3 Å². The predicted octanol–water partition coefficient (Wildman–Crippen LogP) is 2.30. The summed E-state index contributed by atoms with van der Waals surface area (Å²) in [5, 5.41) is 20.7. The topological polar surface area (TPSA) is 71.2 Å². The summed E-state index contributed by atoms with van der Waals surface area (Å²) in [6.45, 7) is 4.12. The fourth-order valence-electron chi connectivity index (χ4n) is 1.44. The normalized spacial score (nSPS) is 14.2. The van der Waals surface area contributed by atoms with Crippen LogP contribution in [0.3, 0.4) is 0 Å². The van der Waals surface area contributed by atoms with Crippen molar-refractivity contribution in [3.63, 3.8) is 0 Å². The van der Waals surface area contributed by atoms with Gasteiger partial charge in [-0.25, -0.2) is 0 Å². The van der Waals surface area contributed by atoms with Crippen LogP contribution in [0.5, 0.6) is 0 Å². The molecule has 0 fully saturated rings. The van der Waals surface area contributed by atoms with Gasteiger partial charge < -0.3 is 14.8 Å². The van der Waals surface area contributed by atoms with Crippen LogP contribution in [0.15, 0.2) is 34.7 Å². The third-order valence-corrected chi connectivity index (χ3v) is 2.86. The fourth-order valence-corrected chi connectivity index (χ4v) is 1.44. The van der Waals surface area contributed by atoms with Gasteiger partial charge >= 0.3 is 6.01 Å². The molecular weight excluding hydrogens is 230 g/mol. The van der Waals surface area contributed by atoms with Crippen molar-refractivity contribution >= 4 is 6.01 Å². The molecule has 5 nitrogen and oxygen atoms in total. The second-order valence-corrected chi connectivity index (χ2v) is 4.38. The largest absolute Gasteiger partial charge is 0.405 e. The number of hydrogen-bond donors (Lipinski definition) is 2. The number of anilines is 1. The summed E-state index contributed by atoms with van der Waals surface area (Å²) >= 11 is 0. The third kappa shape index (κ3) is 2.87. The van der Waals surface area contributed by atoms with Crippen molar-refractivity contribution in [2.45, 2.75) is 32.4 Å². The smallest absolute Gasteiger partial charge is 0.315 e. The molecule has 2 N–H and O–H groups in total. The van der Waals surface area contributed by atoms with Crippen molar-refractivity contribution in [1.29, 1.82) is 0 Å². The Balaban J connectivity index is 1.99. The Morgan fingerprint density at radius 3 is 2.67 bits per heavy atom. The number of rotatable bonds is 5. The summed E-state index contributed by atoms with van der Waals surface area (Å²) in [5.74, 6) is 0.237. The summed E-state index contributed by atoms with van der Waals surface area (Å²) in [7, 11) is 0. The average Bonchev–Trinajstić information content (AvgIpc) is 2.87. The molecule has 0 bridgehead atoms. The highest BCUT2D eigenvalue weighted by molar-refractivity contribution is 5.23. The Hall–Kier alpha value is -1.88. The van der Waals surface area contributed by atoms with Crippen molar-refractivity contribution in [1.82, 2.24) is 10.2 Å². The Kier molecular flexibility index (Phi) is 3.62. The lowest BCUT2D eigenvalue weighted by atomic mass is 10.0. The maximum Gasteiger partial charge on any atom is 0.315 e. The van der Waals surface area contributed by atoms with Crippen LogP contribution in [0.1, 0.15) is 31.7 Å². The van der Waals surface area contributed by atoms with Crippen LogP contribution in [0.25, 0.3) is 0 Å². The zero-order valence-corrected chi connectivity index (χ0v) is 10.6. The van der Waals surface area contributed by atoms with Gasteiger partial charge in [-0.15, -0.1) is 5.10 Å². The first-order chi connectivity index (χ1) is 8.62. The number of benzene rings is 1. The van der Waals surface area contributed by atoms with Crippen molar-refractivity contribution in [2.75, 3.05) is 5.32 Å². The highest BCUT2D eigenvalue weighted by atomic mass is 16.4. The first-order valence-electron chi connectivity index (χ1n) is 5.96. The molecular formula is C13H17N3O2. The first kappa shape index (κ1) is 12.6. The second-order valence-electron chi connectivity index (χ2n) is 4.38. The van der Waals surface area contributed by atoms with E-state index in [1.54, 1.807) is 6.92 Å². The molecule has 0 saturated carbocycles. The van der Waals surface area contributed by atoms with E-state index in [-0.39, 0.29) is 5.89 Å². The Morgan fingerprint density at radius 1 is 1.28 bits per heavy atom. The summed E-state index contributed by atoms with van der Waals surface area (Å²) in [5.41, 5.74) is 0.0548. The average molecular weight is 247 g/mol. The number of aromatic nitrogens is 2. The Bertz CT molecular complexity index is 494. The Labute approximate surface area is 106 Å². The zero-order valence-electron chi connectivity index (χ0n) is 10.6. The SMILES string of the molecule is CCC(C)(O)c1nnc(NCc2ccccc2)o1. The Morgan fingerprint density at radius 2 is 2.00 bits per heavy atom. The molecule has 0 aliphatic rings. The van der Waals surface area contributed by atoms with Gasteiger partial charge in [0, 0.05) is 6.54 Å². The molecule has 0 aliphatic heterocycles. The van der Waals surface area contributed by atoms with Gasteiger partial charge in [0.25, 0.3) is 0 Å². The minimum Gasteiger partial charge on any atom is -0.405 e. The molecule has 0 spiro atoms. The van der Waals surface area contributed by atoms with Crippen molar-refractivity contribution < 1.29 is 9.52 Å². The number of nitrogens with zero attached hydrogens (tertiary/aromatic N) is 2. The molecule has 96 valence electrons. The van der Waals surface area contributed by atoms with E-state index in [2.05, 4.69) is 15.5 Å². The maximum absolute atomic E-state index is 9.97. The van der Waals surface area contributed by atoms with Crippen LogP contribution < -0.4 is 5.32 Å². The van der Waals surface area contributed by atoms with Gasteiger partial charge in [-0.1, -0.05) is 42.4 Å². The van der Waals surface area contributed by atoms with E-state index in [1.165, 1.54) is 0 Å². The minimum atomic E-state index is -1.07. The lowest BCUT2D eigenvalue weighted by Crippen LogP contribution is -2.19. The van der Waals surface area contributed by atoms with Gasteiger partial charge in [-0.2, -0.15) is 0 Å². The molecule has 5 heteroatoms. The molecule has 2 aromatic rings. The lowest BCUT2D eigenvalue weighted by Gasteiger charge is -2.15. The molecule has 1 heterocycles. The highest BCUT2D eigenvalue weighted by Gasteiger charge is 2.27. The molecule has 18 heavy (non-hydrogen) atoms. The number of nitrogens with one attached hydrogen (secondary N) is 1. The fraction of sp³-hybridized carbons (Fsp3) is 0.385. The third-order valence-electron chi connectivity index (χ3n) is 2.86. The van der Waals surface area contributed by atoms with Gasteiger partial charge in [0.1, 0.15) is 5.60 Å². The van der Waals surface area contributed by atoms with E-state index < -0.39 is 5.60 Å². The number of hydrogen-bond acceptors (Lipinski definition) is 5. The van der Waals surface area contributed by atoms with Crippen LogP contribution >= 0.6 is 0 Å². The van der Waals surface area contributed by atoms with E-state index in [0.29, 0.717) is 19.0 Å². The van der Waals surface area contributed by atoms with Crippen molar-refractivity contribution in [3.05, 3.63) is 41.8 Å². The summed E-state index contributed by atoms with van der Waals surface area (Å²) in [4.78, 5) is 0. The maximum atomic E-state index is 9.97. The zero-order chi connectivity index (χ0) is 13.0. The predicted molar refractivity (Wildman–Crippen MR) is 67.9 cm³/mol. The van der Waals surface area contributed by atoms with Gasteiger partial charge in [0.2, 0.25) is 5.89 Å². The van der Waals surface area contributed by atoms with Crippen LogP contribution in [0, 0.1) is 0 Å². The summed E-state index contributed by atoms with van der Waals surface area (Å²) in [6.07, 6.45) is 0.521. The summed E-state index contributed by atoms with van der Waals surface area (Å²) < 4.78 is 5.38. The molecule has 1 unspecified atom stereocenters. The highest BCUT2D eigenvalue weighted by Crippen LogP contribution is 2.23. The van der Waals surface area contributed by atoms with E-state index in [4.69, 9.17) is 4.42 Å². The number of aliphatic hydroxyl groups is 1. The van der Waals surface area contributed by atoms with E-state index >= 15 is 0 Å². The van der Waals surface area contributed by atoms with E-state index in [0.717, 1.165) is 5.56 Å². The van der Waals surface area contributed by atoms with Crippen molar-refractivity contribution in [3.8, 4) is 0 Å². The monoisotopic (exact) mass is 247 g/mol. The second kappa shape index (κ2) is 5.18. The van der Waals surface area contributed by atoms with Crippen LogP contribution in [0.4, 0.5) is 6.01 Å². The van der Waals surface area contributed by atoms with Crippen molar-refractivity contribution in [2.24, 2.45) is 0 Å². The molecule has 0 amide bonds. The standard InChI is InChI=1S/C13H17N3O2/c1-3-13(2,17)11-15-16-12(18-11)14-9-10-7-5-4-6-8-10/h4-8,17H,3,9H2,1-2H3,(H,14,16). The van der Waals surface area contributed by atoms with Gasteiger partial charge in [-0.3, -0.25) is 0 Å². The quantitative estimate of drug-likeness (QED) is 0.848. The molecule has 0 saturated heterocycles. The van der Waals surface area contributed by atoms with Gasteiger partial charge in [-0.05, 0) is 18.9 Å². The van der Waals surface area contributed by atoms with Gasteiger partial charge in [0.15, 0.2) is 0 Å². The molecule has 1 aromatic carbocycles.